The fraction of sp³-hybridized carbons (Fsp3) is 0.533. The molecule has 2 N–H and O–H groups in total. The van der Waals surface area contributed by atoms with Crippen molar-refractivity contribution in [3.8, 4) is 0 Å². The summed E-state index contributed by atoms with van der Waals surface area (Å²) in [6, 6.07) is 7.10. The van der Waals surface area contributed by atoms with E-state index in [0.717, 1.165) is 29.6 Å². The molecule has 120 valence electrons. The quantitative estimate of drug-likeness (QED) is 0.377. The summed E-state index contributed by atoms with van der Waals surface area (Å²) in [6.45, 7) is 0.514. The van der Waals surface area contributed by atoms with E-state index >= 15 is 0 Å². The summed E-state index contributed by atoms with van der Waals surface area (Å²) >= 11 is 1.92. The van der Waals surface area contributed by atoms with E-state index in [1.165, 1.54) is 12.5 Å². The molecule has 1 aliphatic rings. The Morgan fingerprint density at radius 3 is 2.95 bits per heavy atom. The first-order valence-corrected chi connectivity index (χ1v) is 8.64. The maximum Gasteiger partial charge on any atom is 0.269 e. The van der Waals surface area contributed by atoms with Crippen LogP contribution < -0.4 is 10.6 Å². The highest BCUT2D eigenvalue weighted by molar-refractivity contribution is 7.99. The largest absolute Gasteiger partial charge is 0.354 e. The van der Waals surface area contributed by atoms with E-state index in [0.29, 0.717) is 12.6 Å². The fourth-order valence-corrected chi connectivity index (χ4v) is 3.44. The second-order valence-electron chi connectivity index (χ2n) is 5.36. The first-order valence-electron chi connectivity index (χ1n) is 7.35. The van der Waals surface area contributed by atoms with Gasteiger partial charge in [0.25, 0.3) is 5.69 Å². The van der Waals surface area contributed by atoms with Crippen molar-refractivity contribution in [1.29, 1.82) is 0 Å². The average Bonchev–Trinajstić information content (AvgIpc) is 2.99. The SMILES string of the molecule is CN=C(NCc1cccc([N+](=O)[O-])c1)NC1CCC(SC)C1. The molecule has 2 atom stereocenters. The van der Waals surface area contributed by atoms with Crippen LogP contribution in [-0.2, 0) is 6.54 Å². The predicted octanol–water partition coefficient (Wildman–Crippen LogP) is 2.54. The molecule has 1 fully saturated rings. The van der Waals surface area contributed by atoms with Gasteiger partial charge in [-0.1, -0.05) is 12.1 Å². The van der Waals surface area contributed by atoms with Crippen molar-refractivity contribution in [2.75, 3.05) is 13.3 Å². The highest BCUT2D eigenvalue weighted by Gasteiger charge is 2.24. The third-order valence-electron chi connectivity index (χ3n) is 3.86. The van der Waals surface area contributed by atoms with Crippen molar-refractivity contribution >= 4 is 23.4 Å². The van der Waals surface area contributed by atoms with Gasteiger partial charge in [-0.2, -0.15) is 11.8 Å². The van der Waals surface area contributed by atoms with Crippen molar-refractivity contribution in [1.82, 2.24) is 10.6 Å². The van der Waals surface area contributed by atoms with Gasteiger partial charge < -0.3 is 10.6 Å². The zero-order chi connectivity index (χ0) is 15.9. The van der Waals surface area contributed by atoms with Gasteiger partial charge in [-0.05, 0) is 31.1 Å². The Balaban J connectivity index is 1.86. The molecule has 0 aromatic heterocycles. The van der Waals surface area contributed by atoms with Crippen LogP contribution in [0.4, 0.5) is 5.69 Å². The lowest BCUT2D eigenvalue weighted by molar-refractivity contribution is -0.384. The first-order chi connectivity index (χ1) is 10.6. The Hall–Kier alpha value is -1.76. The number of nitro benzene ring substituents is 1. The molecule has 1 aromatic rings. The summed E-state index contributed by atoms with van der Waals surface area (Å²) in [5.41, 5.74) is 0.978. The lowest BCUT2D eigenvalue weighted by Crippen LogP contribution is -2.42. The number of hydrogen-bond acceptors (Lipinski definition) is 4. The van der Waals surface area contributed by atoms with Gasteiger partial charge in [-0.15, -0.1) is 0 Å². The maximum absolute atomic E-state index is 10.8. The molecule has 6 nitrogen and oxygen atoms in total. The number of rotatable bonds is 5. The molecule has 22 heavy (non-hydrogen) atoms. The van der Waals surface area contributed by atoms with Crippen LogP contribution in [0.25, 0.3) is 0 Å². The van der Waals surface area contributed by atoms with Crippen molar-refractivity contribution in [2.24, 2.45) is 4.99 Å². The van der Waals surface area contributed by atoms with Crippen LogP contribution in [0.15, 0.2) is 29.3 Å². The Bertz CT molecular complexity index is 550. The highest BCUT2D eigenvalue weighted by atomic mass is 32.2. The highest BCUT2D eigenvalue weighted by Crippen LogP contribution is 2.28. The van der Waals surface area contributed by atoms with E-state index in [1.54, 1.807) is 19.2 Å². The molecular weight excluding hydrogens is 300 g/mol. The lowest BCUT2D eigenvalue weighted by atomic mass is 10.2. The molecule has 1 aromatic carbocycles. The normalized spacial score (nSPS) is 21.6. The Labute approximate surface area is 134 Å². The van der Waals surface area contributed by atoms with Gasteiger partial charge in [0, 0.05) is 37.0 Å². The van der Waals surface area contributed by atoms with E-state index < -0.39 is 0 Å². The van der Waals surface area contributed by atoms with Crippen LogP contribution >= 0.6 is 11.8 Å². The monoisotopic (exact) mass is 322 g/mol. The number of thioether (sulfide) groups is 1. The minimum atomic E-state index is -0.377. The molecule has 0 heterocycles. The molecule has 2 unspecified atom stereocenters. The zero-order valence-corrected chi connectivity index (χ0v) is 13.7. The number of aliphatic imine (C=N–C) groups is 1. The van der Waals surface area contributed by atoms with Crippen LogP contribution in [0.2, 0.25) is 0 Å². The smallest absolute Gasteiger partial charge is 0.269 e. The van der Waals surface area contributed by atoms with Crippen molar-refractivity contribution in [3.05, 3.63) is 39.9 Å². The molecule has 0 aliphatic heterocycles. The molecule has 0 radical (unpaired) electrons. The van der Waals surface area contributed by atoms with Crippen molar-refractivity contribution in [3.63, 3.8) is 0 Å². The minimum Gasteiger partial charge on any atom is -0.354 e. The third kappa shape index (κ3) is 4.62. The second-order valence-corrected chi connectivity index (χ2v) is 6.50. The van der Waals surface area contributed by atoms with E-state index in [-0.39, 0.29) is 10.6 Å². The first kappa shape index (κ1) is 16.6. The average molecular weight is 322 g/mol. The van der Waals surface area contributed by atoms with Gasteiger partial charge in [-0.3, -0.25) is 15.1 Å². The number of hydrogen-bond donors (Lipinski definition) is 2. The molecule has 1 aliphatic carbocycles. The Morgan fingerprint density at radius 1 is 1.50 bits per heavy atom. The number of nitrogens with zero attached hydrogens (tertiary/aromatic N) is 2. The third-order valence-corrected chi connectivity index (χ3v) is 4.96. The molecule has 0 spiro atoms. The van der Waals surface area contributed by atoms with Gasteiger partial charge in [0.15, 0.2) is 5.96 Å². The van der Waals surface area contributed by atoms with E-state index in [2.05, 4.69) is 21.9 Å². The number of guanidine groups is 1. The molecule has 0 saturated heterocycles. The van der Waals surface area contributed by atoms with Gasteiger partial charge in [0.05, 0.1) is 4.92 Å². The Kier molecular flexibility index (Phi) is 6.06. The van der Waals surface area contributed by atoms with E-state index in [9.17, 15) is 10.1 Å². The number of non-ortho nitro benzene ring substituents is 1. The second kappa shape index (κ2) is 8.03. The van der Waals surface area contributed by atoms with Crippen LogP contribution in [0.1, 0.15) is 24.8 Å². The standard InChI is InChI=1S/C15H22N4O2S/c1-16-15(18-12-6-7-14(9-12)22-2)17-10-11-4-3-5-13(8-11)19(20)21/h3-5,8,12,14H,6-7,9-10H2,1-2H3,(H2,16,17,18). The molecule has 2 rings (SSSR count). The number of nitrogens with one attached hydrogen (secondary N) is 2. The Morgan fingerprint density at radius 2 is 2.32 bits per heavy atom. The van der Waals surface area contributed by atoms with Crippen LogP contribution in [0, 0.1) is 10.1 Å². The van der Waals surface area contributed by atoms with E-state index in [4.69, 9.17) is 0 Å². The molecular formula is C15H22N4O2S. The molecule has 1 saturated carbocycles. The van der Waals surface area contributed by atoms with Crippen LogP contribution in [0.3, 0.4) is 0 Å². The summed E-state index contributed by atoms with van der Waals surface area (Å²) in [4.78, 5) is 14.6. The summed E-state index contributed by atoms with van der Waals surface area (Å²) in [6.07, 6.45) is 5.70. The molecule has 7 heteroatoms. The topological polar surface area (TPSA) is 79.6 Å². The summed E-state index contributed by atoms with van der Waals surface area (Å²) in [5.74, 6) is 0.748. The number of nitro groups is 1. The predicted molar refractivity (Wildman–Crippen MR) is 91.4 cm³/mol. The van der Waals surface area contributed by atoms with Crippen molar-refractivity contribution in [2.45, 2.75) is 37.1 Å². The van der Waals surface area contributed by atoms with E-state index in [1.807, 2.05) is 17.8 Å². The summed E-state index contributed by atoms with van der Waals surface area (Å²) in [7, 11) is 1.74. The fourth-order valence-electron chi connectivity index (χ4n) is 2.64. The van der Waals surface area contributed by atoms with Crippen molar-refractivity contribution < 1.29 is 4.92 Å². The summed E-state index contributed by atoms with van der Waals surface area (Å²) < 4.78 is 0. The molecule has 0 amide bonds. The van der Waals surface area contributed by atoms with Gasteiger partial charge >= 0.3 is 0 Å². The zero-order valence-electron chi connectivity index (χ0n) is 12.9. The molecule has 0 bridgehead atoms. The maximum atomic E-state index is 10.8. The number of benzene rings is 1. The van der Waals surface area contributed by atoms with Gasteiger partial charge in [0.2, 0.25) is 0 Å². The minimum absolute atomic E-state index is 0.112. The van der Waals surface area contributed by atoms with Crippen LogP contribution in [-0.4, -0.2) is 35.5 Å². The van der Waals surface area contributed by atoms with Gasteiger partial charge in [-0.25, -0.2) is 0 Å². The summed E-state index contributed by atoms with van der Waals surface area (Å²) in [5, 5.41) is 18.2. The van der Waals surface area contributed by atoms with Gasteiger partial charge in [0.1, 0.15) is 0 Å². The van der Waals surface area contributed by atoms with Crippen LogP contribution in [0.5, 0.6) is 0 Å². The lowest BCUT2D eigenvalue weighted by Gasteiger charge is -2.17.